The molecule has 0 radical (unpaired) electrons. The monoisotopic (exact) mass is 768 g/mol. The molecule has 0 bridgehead atoms. The largest absolute Gasteiger partial charge is 0.478 e. The van der Waals surface area contributed by atoms with Gasteiger partial charge in [0.15, 0.2) is 0 Å². The zero-order valence-electron chi connectivity index (χ0n) is 32.2. The molecule has 5 N–H and O–H groups in total. The van der Waals surface area contributed by atoms with Gasteiger partial charge in [0.1, 0.15) is 23.3 Å². The van der Waals surface area contributed by atoms with E-state index in [1.54, 1.807) is 6.92 Å². The molecule has 0 spiro atoms. The average Bonchev–Trinajstić information content (AvgIpc) is 3.58. The van der Waals surface area contributed by atoms with E-state index in [1.165, 1.54) is 30.8 Å². The number of rotatable bonds is 12. The number of esters is 1. The second-order valence-electron chi connectivity index (χ2n) is 14.6. The topological polar surface area (TPSA) is 187 Å². The molecule has 2 atom stereocenters. The van der Waals surface area contributed by atoms with Crippen molar-refractivity contribution in [3.05, 3.63) is 98.9 Å². The molecule has 1 aromatic heterocycles. The summed E-state index contributed by atoms with van der Waals surface area (Å²) in [6.45, 7) is 13.5. The highest BCUT2D eigenvalue weighted by molar-refractivity contribution is 7.99. The lowest BCUT2D eigenvalue weighted by Crippen LogP contribution is -2.40. The quantitative estimate of drug-likeness (QED) is 0.0697. The Kier molecular flexibility index (Phi) is 12.9. The summed E-state index contributed by atoms with van der Waals surface area (Å²) >= 11 is 1.24. The average molecular weight is 769 g/mol. The molecule has 55 heavy (non-hydrogen) atoms. The summed E-state index contributed by atoms with van der Waals surface area (Å²) in [7, 11) is 0. The van der Waals surface area contributed by atoms with Gasteiger partial charge in [0.25, 0.3) is 0 Å². The van der Waals surface area contributed by atoms with E-state index in [2.05, 4.69) is 36.4 Å². The standard InChI is InChI=1S/C42H48N4O8S/c1-21-16-22(2)37(23(3)17-21)54-42(53)33-26(6)36(34(28-12-9-8-10-13-28)35-24(4)25(5)38(45-35)43-27(7)47)46-39(33)44-32(48)14-11-15-55-31-19-29(40(49)50)18-30(20-31)41(51)52/h8-10,12-13,18-23,37,45H,11,14-17H2,1-7H3,(H,43,47)(H,49,50)(H,51,52)(H,44,46,48)/b36-34-. The number of carbonyl (C=O) groups is 5. The van der Waals surface area contributed by atoms with Gasteiger partial charge in [-0.05, 0) is 104 Å². The van der Waals surface area contributed by atoms with Crippen LogP contribution in [0.4, 0.5) is 5.82 Å². The predicted molar refractivity (Wildman–Crippen MR) is 212 cm³/mol. The van der Waals surface area contributed by atoms with Gasteiger partial charge in [0.2, 0.25) is 11.8 Å². The van der Waals surface area contributed by atoms with Crippen LogP contribution in [-0.2, 0) is 19.1 Å². The third-order valence-electron chi connectivity index (χ3n) is 10.2. The Labute approximate surface area is 324 Å². The number of hydrogen-bond acceptors (Lipinski definition) is 8. The zero-order chi connectivity index (χ0) is 40.1. The molecule has 3 aromatic rings. The molecule has 1 fully saturated rings. The Morgan fingerprint density at radius 2 is 1.49 bits per heavy atom. The van der Waals surface area contributed by atoms with Gasteiger partial charge in [-0.3, -0.25) is 9.59 Å². The maximum atomic E-state index is 14.3. The third kappa shape index (κ3) is 9.45. The number of aromatic nitrogens is 1. The summed E-state index contributed by atoms with van der Waals surface area (Å²) in [6.07, 6.45) is 1.96. The number of nitrogens with zero attached hydrogens (tertiary/aromatic N) is 1. The number of aliphatic imine (C=N–C) groups is 1. The number of H-pyrrole nitrogens is 1. The number of aromatic carboxylic acids is 2. The highest BCUT2D eigenvalue weighted by Gasteiger charge is 2.38. The molecule has 5 rings (SSSR count). The minimum absolute atomic E-state index is 0.0476. The van der Waals surface area contributed by atoms with Gasteiger partial charge in [0.05, 0.1) is 22.5 Å². The summed E-state index contributed by atoms with van der Waals surface area (Å²) in [5.41, 5.74) is 4.79. The van der Waals surface area contributed by atoms with Gasteiger partial charge in [-0.2, -0.15) is 0 Å². The van der Waals surface area contributed by atoms with Gasteiger partial charge in [0, 0.05) is 23.8 Å². The number of amidine groups is 1. The number of hydrogen-bond donors (Lipinski definition) is 5. The predicted octanol–water partition coefficient (Wildman–Crippen LogP) is 7.78. The number of anilines is 1. The molecule has 13 heteroatoms. The van der Waals surface area contributed by atoms with E-state index >= 15 is 0 Å². The normalized spacial score (nSPS) is 20.5. The molecule has 2 amide bonds. The van der Waals surface area contributed by atoms with Crippen molar-refractivity contribution in [3.8, 4) is 0 Å². The maximum Gasteiger partial charge on any atom is 0.342 e. The molecule has 0 saturated heterocycles. The van der Waals surface area contributed by atoms with E-state index in [1.807, 2.05) is 44.2 Å². The number of carboxylic acid groups (broad SMARTS) is 2. The van der Waals surface area contributed by atoms with Gasteiger partial charge in [-0.1, -0.05) is 51.1 Å². The van der Waals surface area contributed by atoms with Crippen LogP contribution in [0.5, 0.6) is 0 Å². The molecular weight excluding hydrogens is 721 g/mol. The van der Waals surface area contributed by atoms with Crippen molar-refractivity contribution in [3.63, 3.8) is 0 Å². The zero-order valence-corrected chi connectivity index (χ0v) is 33.0. The van der Waals surface area contributed by atoms with Crippen molar-refractivity contribution in [1.29, 1.82) is 0 Å². The highest BCUT2D eigenvalue weighted by atomic mass is 32.2. The van der Waals surface area contributed by atoms with Crippen molar-refractivity contribution in [1.82, 2.24) is 10.3 Å². The Balaban J connectivity index is 1.49. The van der Waals surface area contributed by atoms with Crippen LogP contribution in [0.2, 0.25) is 0 Å². The van der Waals surface area contributed by atoms with Crippen molar-refractivity contribution in [2.45, 2.75) is 85.1 Å². The first-order chi connectivity index (χ1) is 26.0. The first-order valence-electron chi connectivity index (χ1n) is 18.4. The number of carbonyl (C=O) groups excluding carboxylic acids is 3. The van der Waals surface area contributed by atoms with Crippen LogP contribution in [0.25, 0.3) is 5.57 Å². The summed E-state index contributed by atoms with van der Waals surface area (Å²) in [5, 5.41) is 24.6. The Morgan fingerprint density at radius 1 is 0.873 bits per heavy atom. The van der Waals surface area contributed by atoms with E-state index in [9.17, 15) is 34.2 Å². The Hall–Kier alpha value is -5.43. The van der Waals surface area contributed by atoms with E-state index < -0.39 is 23.8 Å². The number of ether oxygens (including phenoxy) is 1. The third-order valence-corrected chi connectivity index (χ3v) is 11.3. The van der Waals surface area contributed by atoms with Crippen molar-refractivity contribution < 1.29 is 38.9 Å². The lowest BCUT2D eigenvalue weighted by atomic mass is 9.75. The molecule has 2 unspecified atom stereocenters. The van der Waals surface area contributed by atoms with Crippen molar-refractivity contribution in [2.24, 2.45) is 22.7 Å². The smallest absolute Gasteiger partial charge is 0.342 e. The van der Waals surface area contributed by atoms with Crippen LogP contribution in [-0.4, -0.2) is 62.6 Å². The fourth-order valence-electron chi connectivity index (χ4n) is 7.53. The number of nitrogens with one attached hydrogen (secondary N) is 3. The van der Waals surface area contributed by atoms with Crippen LogP contribution < -0.4 is 10.6 Å². The molecule has 290 valence electrons. The molecule has 2 heterocycles. The SMILES string of the molecule is CC(=O)Nc1[nH]c(/C(=C2\N=C(NC(=O)CCCSc3cc(C(=O)O)cc(C(=O)O)c3)C(C(=O)OC3C(C)CC(C)CC3C)=C2C)c2ccccc2)c(C)c1C. The molecule has 1 aliphatic heterocycles. The molecule has 2 aromatic carbocycles. The molecule has 2 aliphatic rings. The van der Waals surface area contributed by atoms with E-state index in [0.717, 1.165) is 35.6 Å². The first-order valence-corrected chi connectivity index (χ1v) is 19.4. The Morgan fingerprint density at radius 3 is 2.07 bits per heavy atom. The Bertz CT molecular complexity index is 2070. The summed E-state index contributed by atoms with van der Waals surface area (Å²) in [5.74, 6) is -1.83. The van der Waals surface area contributed by atoms with Crippen molar-refractivity contribution in [2.75, 3.05) is 11.1 Å². The highest BCUT2D eigenvalue weighted by Crippen LogP contribution is 2.40. The van der Waals surface area contributed by atoms with E-state index in [4.69, 9.17) is 9.73 Å². The number of allylic oxidation sites excluding steroid dienone is 1. The van der Waals surface area contributed by atoms with Crippen LogP contribution in [0.15, 0.2) is 75.3 Å². The number of thioether (sulfide) groups is 1. The molecule has 1 aliphatic carbocycles. The first kappa shape index (κ1) is 40.7. The number of aromatic amines is 1. The van der Waals surface area contributed by atoms with Crippen LogP contribution in [0, 0.1) is 31.6 Å². The summed E-state index contributed by atoms with van der Waals surface area (Å²) < 4.78 is 6.27. The fourth-order valence-corrected chi connectivity index (χ4v) is 8.48. The van der Waals surface area contributed by atoms with Gasteiger partial charge < -0.3 is 30.6 Å². The van der Waals surface area contributed by atoms with Crippen LogP contribution in [0.3, 0.4) is 0 Å². The lowest BCUT2D eigenvalue weighted by molar-refractivity contribution is -0.152. The van der Waals surface area contributed by atoms with E-state index in [-0.39, 0.29) is 52.8 Å². The second-order valence-corrected chi connectivity index (χ2v) is 15.8. The second kappa shape index (κ2) is 17.4. The minimum Gasteiger partial charge on any atom is -0.478 e. The van der Waals surface area contributed by atoms with E-state index in [0.29, 0.717) is 51.3 Å². The maximum absolute atomic E-state index is 14.3. The summed E-state index contributed by atoms with van der Waals surface area (Å²) in [4.78, 5) is 71.7. The van der Waals surface area contributed by atoms with Crippen LogP contribution >= 0.6 is 11.8 Å². The molecular formula is C42H48N4O8S. The summed E-state index contributed by atoms with van der Waals surface area (Å²) in [6, 6.07) is 13.5. The lowest BCUT2D eigenvalue weighted by Gasteiger charge is -2.37. The number of amides is 2. The molecule has 1 saturated carbocycles. The number of benzene rings is 2. The van der Waals surface area contributed by atoms with Crippen molar-refractivity contribution >= 4 is 58.7 Å². The minimum atomic E-state index is -1.24. The fraction of sp³-hybridized carbons (Fsp3) is 0.381. The number of carboxylic acids is 2. The van der Waals surface area contributed by atoms with Gasteiger partial charge in [-0.15, -0.1) is 11.8 Å². The van der Waals surface area contributed by atoms with Gasteiger partial charge >= 0.3 is 17.9 Å². The van der Waals surface area contributed by atoms with Crippen LogP contribution in [0.1, 0.15) is 103 Å². The molecule has 12 nitrogen and oxygen atoms in total. The van der Waals surface area contributed by atoms with Gasteiger partial charge in [-0.25, -0.2) is 19.4 Å².